The molecule has 1 saturated carbocycles. The molecule has 194 valence electrons. The molecule has 10 heteroatoms. The lowest BCUT2D eigenvalue weighted by Crippen LogP contribution is -2.21. The van der Waals surface area contributed by atoms with E-state index in [1.54, 1.807) is 0 Å². The van der Waals surface area contributed by atoms with E-state index >= 15 is 0 Å². The molecule has 2 atom stereocenters. The van der Waals surface area contributed by atoms with Crippen LogP contribution in [0.1, 0.15) is 48.6 Å². The molecule has 1 fully saturated rings. The fourth-order valence-corrected chi connectivity index (χ4v) is 5.61. The normalized spacial score (nSPS) is 17.7. The van der Waals surface area contributed by atoms with Gasteiger partial charge in [0.25, 0.3) is 0 Å². The minimum Gasteiger partial charge on any atom is -0.489 e. The fraction of sp³-hybridized carbons (Fsp3) is 0.286. The van der Waals surface area contributed by atoms with Crippen LogP contribution in [0.15, 0.2) is 54.6 Å². The van der Waals surface area contributed by atoms with Crippen molar-refractivity contribution < 1.29 is 13.5 Å². The molecule has 7 nitrogen and oxygen atoms in total. The maximum atomic E-state index is 13.7. The SMILES string of the molecule is Fc1cc2nc(CC3CCCCC3c3ccc(Cl)cc3OCc3cccc(-c4nn[nH]n4)c3)[nH]c2cc1F. The van der Waals surface area contributed by atoms with Crippen molar-refractivity contribution in [3.63, 3.8) is 0 Å². The standard InChI is InChI=1S/C28H25ClF2N6O/c29-19-8-9-21(26(12-19)38-15-16-4-3-6-18(10-16)28-34-36-37-35-28)20-7-2-1-5-17(20)11-27-32-24-13-22(30)23(31)14-25(24)33-27/h3-4,6,8-10,12-14,17,20H,1-2,5,7,11,15H2,(H,32,33)(H,34,35,36,37). The summed E-state index contributed by atoms with van der Waals surface area (Å²) in [6, 6.07) is 16.0. The van der Waals surface area contributed by atoms with E-state index < -0.39 is 11.6 Å². The average molecular weight is 535 g/mol. The fourth-order valence-electron chi connectivity index (χ4n) is 5.45. The zero-order valence-corrected chi connectivity index (χ0v) is 21.2. The number of tetrazole rings is 1. The lowest BCUT2D eigenvalue weighted by molar-refractivity contribution is 0.272. The van der Waals surface area contributed by atoms with Crippen molar-refractivity contribution in [2.24, 2.45) is 5.92 Å². The molecule has 1 aliphatic carbocycles. The summed E-state index contributed by atoms with van der Waals surface area (Å²) in [4.78, 5) is 7.73. The molecule has 1 aliphatic rings. The Balaban J connectivity index is 1.24. The summed E-state index contributed by atoms with van der Waals surface area (Å²) < 4.78 is 33.8. The van der Waals surface area contributed by atoms with Gasteiger partial charge in [-0.1, -0.05) is 48.7 Å². The van der Waals surface area contributed by atoms with Gasteiger partial charge in [0, 0.05) is 29.1 Å². The van der Waals surface area contributed by atoms with Crippen molar-refractivity contribution in [2.45, 2.75) is 44.6 Å². The van der Waals surface area contributed by atoms with Crippen LogP contribution >= 0.6 is 11.6 Å². The van der Waals surface area contributed by atoms with Crippen LogP contribution in [-0.4, -0.2) is 30.6 Å². The van der Waals surface area contributed by atoms with Gasteiger partial charge >= 0.3 is 0 Å². The number of rotatable bonds is 7. The molecule has 2 N–H and O–H groups in total. The number of hydrogen-bond donors (Lipinski definition) is 2. The first-order valence-electron chi connectivity index (χ1n) is 12.6. The van der Waals surface area contributed by atoms with Gasteiger partial charge in [0.1, 0.15) is 18.2 Å². The molecular formula is C28H25ClF2N6O. The van der Waals surface area contributed by atoms with E-state index in [9.17, 15) is 8.78 Å². The van der Waals surface area contributed by atoms with Gasteiger partial charge < -0.3 is 9.72 Å². The third-order valence-corrected chi connectivity index (χ3v) is 7.47. The van der Waals surface area contributed by atoms with Gasteiger partial charge in [0.2, 0.25) is 5.82 Å². The van der Waals surface area contributed by atoms with E-state index in [1.165, 1.54) is 6.07 Å². The maximum absolute atomic E-state index is 13.7. The predicted molar refractivity (Wildman–Crippen MR) is 140 cm³/mol. The molecular weight excluding hydrogens is 510 g/mol. The summed E-state index contributed by atoms with van der Waals surface area (Å²) in [7, 11) is 0. The molecule has 3 aromatic carbocycles. The number of imidazole rings is 1. The second kappa shape index (κ2) is 10.5. The largest absolute Gasteiger partial charge is 0.489 e. The van der Waals surface area contributed by atoms with Crippen molar-refractivity contribution in [2.75, 3.05) is 0 Å². The van der Waals surface area contributed by atoms with E-state index in [-0.39, 0.29) is 5.92 Å². The third-order valence-electron chi connectivity index (χ3n) is 7.24. The molecule has 0 radical (unpaired) electrons. The molecule has 2 unspecified atom stereocenters. The number of hydrogen-bond acceptors (Lipinski definition) is 5. The van der Waals surface area contributed by atoms with Crippen molar-refractivity contribution in [3.05, 3.63) is 88.2 Å². The molecule has 6 rings (SSSR count). The Labute approximate surface area is 222 Å². The van der Waals surface area contributed by atoms with Gasteiger partial charge in [-0.25, -0.2) is 13.8 Å². The molecule has 0 spiro atoms. The van der Waals surface area contributed by atoms with E-state index in [1.807, 2.05) is 36.4 Å². The highest BCUT2D eigenvalue weighted by molar-refractivity contribution is 6.30. The minimum absolute atomic E-state index is 0.239. The summed E-state index contributed by atoms with van der Waals surface area (Å²) in [5, 5.41) is 14.8. The molecule has 0 saturated heterocycles. The summed E-state index contributed by atoms with van der Waals surface area (Å²) in [6.45, 7) is 0.358. The Morgan fingerprint density at radius 2 is 1.87 bits per heavy atom. The number of benzene rings is 3. The Morgan fingerprint density at radius 1 is 1.00 bits per heavy atom. The first-order valence-corrected chi connectivity index (χ1v) is 13.0. The monoisotopic (exact) mass is 534 g/mol. The molecule has 2 heterocycles. The number of nitrogens with zero attached hydrogens (tertiary/aromatic N) is 4. The van der Waals surface area contributed by atoms with E-state index in [2.05, 4.69) is 36.7 Å². The lowest BCUT2D eigenvalue weighted by atomic mass is 9.73. The van der Waals surface area contributed by atoms with E-state index in [4.69, 9.17) is 16.3 Å². The van der Waals surface area contributed by atoms with Crippen LogP contribution in [0.2, 0.25) is 5.02 Å². The second-order valence-electron chi connectivity index (χ2n) is 9.73. The highest BCUT2D eigenvalue weighted by Gasteiger charge is 2.30. The second-order valence-corrected chi connectivity index (χ2v) is 10.2. The number of nitrogens with one attached hydrogen (secondary N) is 2. The van der Waals surface area contributed by atoms with Crippen molar-refractivity contribution in [1.29, 1.82) is 0 Å². The van der Waals surface area contributed by atoms with E-state index in [0.29, 0.717) is 40.8 Å². The zero-order chi connectivity index (χ0) is 26.1. The van der Waals surface area contributed by atoms with Crippen LogP contribution in [-0.2, 0) is 13.0 Å². The van der Waals surface area contributed by atoms with Crippen molar-refractivity contribution >= 4 is 22.6 Å². The smallest absolute Gasteiger partial charge is 0.204 e. The van der Waals surface area contributed by atoms with Gasteiger partial charge in [-0.15, -0.1) is 10.2 Å². The number of H-pyrrole nitrogens is 2. The third kappa shape index (κ3) is 5.11. The van der Waals surface area contributed by atoms with Crippen molar-refractivity contribution in [3.8, 4) is 17.1 Å². The summed E-state index contributed by atoms with van der Waals surface area (Å²) in [5.41, 5.74) is 3.88. The van der Waals surface area contributed by atoms with Crippen LogP contribution in [0.4, 0.5) is 8.78 Å². The summed E-state index contributed by atoms with van der Waals surface area (Å²) in [5.74, 6) is 0.777. The number of aromatic amines is 2. The Morgan fingerprint density at radius 3 is 2.74 bits per heavy atom. The van der Waals surface area contributed by atoms with Gasteiger partial charge in [0.15, 0.2) is 11.6 Å². The van der Waals surface area contributed by atoms with Crippen LogP contribution in [0.3, 0.4) is 0 Å². The van der Waals surface area contributed by atoms with E-state index in [0.717, 1.165) is 60.0 Å². The molecule has 0 bridgehead atoms. The summed E-state index contributed by atoms with van der Waals surface area (Å²) >= 11 is 6.38. The number of halogens is 3. The van der Waals surface area contributed by atoms with Crippen LogP contribution in [0.25, 0.3) is 22.4 Å². The molecule has 0 amide bonds. The first kappa shape index (κ1) is 24.5. The zero-order valence-electron chi connectivity index (χ0n) is 20.4. The Bertz CT molecular complexity index is 1530. The van der Waals surface area contributed by atoms with Gasteiger partial charge in [-0.05, 0) is 59.2 Å². The van der Waals surface area contributed by atoms with Crippen LogP contribution in [0.5, 0.6) is 5.75 Å². The quantitative estimate of drug-likeness (QED) is 0.240. The van der Waals surface area contributed by atoms with Crippen LogP contribution < -0.4 is 4.74 Å². The highest BCUT2D eigenvalue weighted by Crippen LogP contribution is 2.43. The van der Waals surface area contributed by atoms with Gasteiger partial charge in [-0.3, -0.25) is 0 Å². The Kier molecular flexibility index (Phi) is 6.76. The summed E-state index contributed by atoms with van der Waals surface area (Å²) in [6.07, 6.45) is 4.96. The van der Waals surface area contributed by atoms with Crippen LogP contribution in [0, 0.1) is 17.6 Å². The van der Waals surface area contributed by atoms with Gasteiger partial charge in [-0.2, -0.15) is 5.21 Å². The predicted octanol–water partition coefficient (Wildman–Crippen LogP) is 6.77. The topological polar surface area (TPSA) is 92.4 Å². The minimum atomic E-state index is -0.892. The number of ether oxygens (including phenoxy) is 1. The Hall–Kier alpha value is -3.85. The first-order chi connectivity index (χ1) is 18.5. The molecule has 38 heavy (non-hydrogen) atoms. The van der Waals surface area contributed by atoms with Crippen molar-refractivity contribution in [1.82, 2.24) is 30.6 Å². The molecule has 2 aromatic heterocycles. The maximum Gasteiger partial charge on any atom is 0.204 e. The molecule has 5 aromatic rings. The number of aromatic nitrogens is 6. The lowest BCUT2D eigenvalue weighted by Gasteiger charge is -2.32. The van der Waals surface area contributed by atoms with Gasteiger partial charge in [0.05, 0.1) is 11.0 Å². The molecule has 0 aliphatic heterocycles. The number of fused-ring (bicyclic) bond motifs is 1. The highest BCUT2D eigenvalue weighted by atomic mass is 35.5. The average Bonchev–Trinajstić information content (AvgIpc) is 3.59.